The highest BCUT2D eigenvalue weighted by Gasteiger charge is 2.16. The molecule has 0 saturated heterocycles. The molecule has 1 heterocycles. The van der Waals surface area contributed by atoms with Crippen LogP contribution in [-0.2, 0) is 0 Å². The molecule has 1 N–H and O–H groups in total. The summed E-state index contributed by atoms with van der Waals surface area (Å²) in [6.07, 6.45) is 2.85. The lowest BCUT2D eigenvalue weighted by Crippen LogP contribution is -2.26. The van der Waals surface area contributed by atoms with E-state index in [4.69, 9.17) is 9.47 Å². The van der Waals surface area contributed by atoms with Gasteiger partial charge in [-0.3, -0.25) is 14.6 Å². The van der Waals surface area contributed by atoms with Crippen molar-refractivity contribution in [2.75, 3.05) is 31.5 Å². The predicted molar refractivity (Wildman–Crippen MR) is 111 cm³/mol. The van der Waals surface area contributed by atoms with E-state index in [1.54, 1.807) is 25.2 Å². The van der Waals surface area contributed by atoms with Gasteiger partial charge in [0.15, 0.2) is 11.5 Å². The number of methoxy groups -OCH3 is 2. The number of ether oxygens (including phenoxy) is 2. The Labute approximate surface area is 168 Å². The van der Waals surface area contributed by atoms with Gasteiger partial charge >= 0.3 is 0 Å². The summed E-state index contributed by atoms with van der Waals surface area (Å²) in [4.78, 5) is 31.0. The molecule has 0 aliphatic rings. The Morgan fingerprint density at radius 1 is 0.897 bits per heavy atom. The number of para-hydroxylation sites is 1. The van der Waals surface area contributed by atoms with E-state index in [1.165, 1.54) is 37.6 Å². The van der Waals surface area contributed by atoms with Gasteiger partial charge in [-0.05, 0) is 30.3 Å². The number of carbonyl (C=O) groups excluding carboxylic acids is 2. The van der Waals surface area contributed by atoms with E-state index in [9.17, 15) is 9.59 Å². The van der Waals surface area contributed by atoms with Crippen molar-refractivity contribution in [3.05, 3.63) is 78.1 Å². The Hall–Kier alpha value is -3.87. The maximum atomic E-state index is 12.8. The van der Waals surface area contributed by atoms with Crippen molar-refractivity contribution in [3.63, 3.8) is 0 Å². The third-order valence-corrected chi connectivity index (χ3v) is 4.34. The van der Waals surface area contributed by atoms with Gasteiger partial charge in [-0.1, -0.05) is 18.2 Å². The van der Waals surface area contributed by atoms with Gasteiger partial charge in [0.05, 0.1) is 25.3 Å². The van der Waals surface area contributed by atoms with Gasteiger partial charge in [0, 0.05) is 36.9 Å². The smallest absolute Gasteiger partial charge is 0.259 e. The summed E-state index contributed by atoms with van der Waals surface area (Å²) < 4.78 is 10.4. The summed E-state index contributed by atoms with van der Waals surface area (Å²) >= 11 is 0. The Morgan fingerprint density at radius 3 is 2.28 bits per heavy atom. The summed E-state index contributed by atoms with van der Waals surface area (Å²) in [5, 5.41) is 2.77. The van der Waals surface area contributed by atoms with Crippen molar-refractivity contribution in [2.24, 2.45) is 0 Å². The normalized spacial score (nSPS) is 10.2. The average Bonchev–Trinajstić information content (AvgIpc) is 2.78. The highest BCUT2D eigenvalue weighted by molar-refractivity contribution is 6.09. The lowest BCUT2D eigenvalue weighted by molar-refractivity contribution is 0.0992. The molecule has 0 unspecified atom stereocenters. The van der Waals surface area contributed by atoms with Crippen molar-refractivity contribution in [1.29, 1.82) is 0 Å². The SMILES string of the molecule is COc1ccc(NC(=O)c2cncc(C(=O)N(C)c3ccccc3)c2)cc1OC. The molecule has 0 radical (unpaired) electrons. The second-order valence-corrected chi connectivity index (χ2v) is 6.19. The van der Waals surface area contributed by atoms with Gasteiger partial charge in [-0.25, -0.2) is 0 Å². The van der Waals surface area contributed by atoms with Crippen LogP contribution in [-0.4, -0.2) is 38.1 Å². The summed E-state index contributed by atoms with van der Waals surface area (Å²) in [6, 6.07) is 15.8. The lowest BCUT2D eigenvalue weighted by atomic mass is 10.1. The van der Waals surface area contributed by atoms with Crippen molar-refractivity contribution >= 4 is 23.2 Å². The number of anilines is 2. The first-order chi connectivity index (χ1) is 14.0. The van der Waals surface area contributed by atoms with Gasteiger partial charge in [-0.2, -0.15) is 0 Å². The van der Waals surface area contributed by atoms with Crippen LogP contribution in [0.15, 0.2) is 67.0 Å². The summed E-state index contributed by atoms with van der Waals surface area (Å²) in [5.74, 6) is 0.409. The molecule has 0 fully saturated rings. The van der Waals surface area contributed by atoms with Gasteiger partial charge < -0.3 is 19.7 Å². The maximum absolute atomic E-state index is 12.8. The lowest BCUT2D eigenvalue weighted by Gasteiger charge is -2.17. The second-order valence-electron chi connectivity index (χ2n) is 6.19. The number of benzene rings is 2. The molecule has 148 valence electrons. The van der Waals surface area contributed by atoms with E-state index in [0.29, 0.717) is 22.7 Å². The van der Waals surface area contributed by atoms with Crippen molar-refractivity contribution in [1.82, 2.24) is 4.98 Å². The molecule has 29 heavy (non-hydrogen) atoms. The van der Waals surface area contributed by atoms with Gasteiger partial charge in [0.1, 0.15) is 0 Å². The van der Waals surface area contributed by atoms with Crippen LogP contribution in [0.25, 0.3) is 0 Å². The molecular weight excluding hydrogens is 370 g/mol. The first kappa shape index (κ1) is 19.9. The second kappa shape index (κ2) is 8.88. The number of amides is 2. The third-order valence-electron chi connectivity index (χ3n) is 4.34. The molecule has 7 heteroatoms. The molecule has 3 aromatic rings. The van der Waals surface area contributed by atoms with Gasteiger partial charge in [0.25, 0.3) is 11.8 Å². The van der Waals surface area contributed by atoms with E-state index < -0.39 is 0 Å². The topological polar surface area (TPSA) is 80.8 Å². The molecule has 0 bridgehead atoms. The van der Waals surface area contributed by atoms with Crippen molar-refractivity contribution in [2.45, 2.75) is 0 Å². The highest BCUT2D eigenvalue weighted by atomic mass is 16.5. The Bertz CT molecular complexity index is 1020. The maximum Gasteiger partial charge on any atom is 0.259 e. The fourth-order valence-electron chi connectivity index (χ4n) is 2.76. The summed E-state index contributed by atoms with van der Waals surface area (Å²) in [5.41, 5.74) is 1.87. The number of pyridine rings is 1. The Morgan fingerprint density at radius 2 is 1.59 bits per heavy atom. The van der Waals surface area contributed by atoms with E-state index in [0.717, 1.165) is 5.69 Å². The fourth-order valence-corrected chi connectivity index (χ4v) is 2.76. The largest absolute Gasteiger partial charge is 0.493 e. The minimum atomic E-state index is -0.387. The van der Waals surface area contributed by atoms with Crippen LogP contribution in [0.1, 0.15) is 20.7 Å². The Kier molecular flexibility index (Phi) is 6.09. The highest BCUT2D eigenvalue weighted by Crippen LogP contribution is 2.30. The number of hydrogen-bond donors (Lipinski definition) is 1. The van der Waals surface area contributed by atoms with Crippen LogP contribution in [0, 0.1) is 0 Å². The zero-order chi connectivity index (χ0) is 20.8. The number of hydrogen-bond acceptors (Lipinski definition) is 5. The molecule has 7 nitrogen and oxygen atoms in total. The minimum Gasteiger partial charge on any atom is -0.493 e. The first-order valence-electron chi connectivity index (χ1n) is 8.85. The number of nitrogens with zero attached hydrogens (tertiary/aromatic N) is 2. The van der Waals surface area contributed by atoms with Crippen molar-refractivity contribution < 1.29 is 19.1 Å². The number of carbonyl (C=O) groups is 2. The van der Waals surface area contributed by atoms with Crippen LogP contribution in [0.2, 0.25) is 0 Å². The molecule has 2 amide bonds. The van der Waals surface area contributed by atoms with Crippen LogP contribution in [0.3, 0.4) is 0 Å². The standard InChI is InChI=1S/C22H21N3O4/c1-25(18-7-5-4-6-8-18)22(27)16-11-15(13-23-14-16)21(26)24-17-9-10-19(28-2)20(12-17)29-3/h4-14H,1-3H3,(H,24,26). The van der Waals surface area contributed by atoms with Gasteiger partial charge in [0.2, 0.25) is 0 Å². The van der Waals surface area contributed by atoms with E-state index in [2.05, 4.69) is 10.3 Å². The van der Waals surface area contributed by atoms with Crippen molar-refractivity contribution in [3.8, 4) is 11.5 Å². The molecular formula is C22H21N3O4. The zero-order valence-corrected chi connectivity index (χ0v) is 16.4. The first-order valence-corrected chi connectivity index (χ1v) is 8.85. The molecule has 2 aromatic carbocycles. The predicted octanol–water partition coefficient (Wildman–Crippen LogP) is 3.63. The molecule has 1 aromatic heterocycles. The van der Waals surface area contributed by atoms with E-state index >= 15 is 0 Å². The summed E-state index contributed by atoms with van der Waals surface area (Å²) in [6.45, 7) is 0. The van der Waals surface area contributed by atoms with E-state index in [1.807, 2.05) is 30.3 Å². The molecule has 0 saturated carbocycles. The molecule has 0 aliphatic heterocycles. The molecule has 0 spiro atoms. The fraction of sp³-hybridized carbons (Fsp3) is 0.136. The summed E-state index contributed by atoms with van der Waals surface area (Å²) in [7, 11) is 4.73. The monoisotopic (exact) mass is 391 g/mol. The van der Waals surface area contributed by atoms with Crippen LogP contribution in [0.5, 0.6) is 11.5 Å². The van der Waals surface area contributed by atoms with Crippen LogP contribution in [0.4, 0.5) is 11.4 Å². The van der Waals surface area contributed by atoms with Gasteiger partial charge in [-0.15, -0.1) is 0 Å². The zero-order valence-electron chi connectivity index (χ0n) is 16.4. The number of aromatic nitrogens is 1. The molecule has 3 rings (SSSR count). The number of rotatable bonds is 6. The van der Waals surface area contributed by atoms with E-state index in [-0.39, 0.29) is 17.4 Å². The number of nitrogens with one attached hydrogen (secondary N) is 1. The average molecular weight is 391 g/mol. The Balaban J connectivity index is 1.78. The van der Waals surface area contributed by atoms with Crippen LogP contribution < -0.4 is 19.7 Å². The van der Waals surface area contributed by atoms with Crippen LogP contribution >= 0.6 is 0 Å². The third kappa shape index (κ3) is 4.52. The quantitative estimate of drug-likeness (QED) is 0.694. The minimum absolute atomic E-state index is 0.260. The molecule has 0 aliphatic carbocycles. The molecule has 0 atom stereocenters.